The molecule has 2 aromatic rings. The van der Waals surface area contributed by atoms with Gasteiger partial charge in [-0.3, -0.25) is 14.4 Å². The van der Waals surface area contributed by atoms with Crippen LogP contribution in [-0.2, 0) is 9.59 Å². The number of hydrogen-bond donors (Lipinski definition) is 1. The van der Waals surface area contributed by atoms with Crippen LogP contribution in [0.25, 0.3) is 0 Å². The van der Waals surface area contributed by atoms with Gasteiger partial charge in [0, 0.05) is 35.7 Å². The first-order valence-electron chi connectivity index (χ1n) is 10.5. The summed E-state index contributed by atoms with van der Waals surface area (Å²) in [5.41, 5.74) is 0.0801. The second-order valence-electron chi connectivity index (χ2n) is 9.11. The molecule has 2 bridgehead atoms. The summed E-state index contributed by atoms with van der Waals surface area (Å²) in [6, 6.07) is 10.5. The summed E-state index contributed by atoms with van der Waals surface area (Å²) < 4.78 is 18.8. The number of ether oxygens (including phenoxy) is 1. The van der Waals surface area contributed by atoms with Crippen molar-refractivity contribution in [3.8, 4) is 5.75 Å². The molecule has 9 heteroatoms. The molecule has 3 saturated carbocycles. The first-order chi connectivity index (χ1) is 15.6. The van der Waals surface area contributed by atoms with Crippen molar-refractivity contribution in [3.05, 3.63) is 63.9 Å². The summed E-state index contributed by atoms with van der Waals surface area (Å²) in [7, 11) is 1.60. The average molecular weight is 493 g/mol. The molecule has 3 aliphatic carbocycles. The molecule has 3 aliphatic rings. The first kappa shape index (κ1) is 23.5. The maximum Gasteiger partial charge on any atom is 0.258 e. The van der Waals surface area contributed by atoms with E-state index in [9.17, 15) is 18.8 Å². The molecular weight excluding hydrogens is 470 g/mol. The van der Waals surface area contributed by atoms with Crippen LogP contribution >= 0.6 is 23.2 Å². The van der Waals surface area contributed by atoms with Gasteiger partial charge in [0.25, 0.3) is 11.8 Å². The standard InChI is InChI=1S/C24H23Cl2FN2O4/c1-29(22(32)15-2-4-16(25)5-3-15)10-17(30)9-23-12-24(13-23,14-23)28-21(31)11-33-18-6-7-19(26)20(27)8-18/h2-8H,9-14H2,1H3,(H,28,31). The molecule has 1 N–H and O–H groups in total. The van der Waals surface area contributed by atoms with Gasteiger partial charge < -0.3 is 15.0 Å². The number of amides is 2. The van der Waals surface area contributed by atoms with Crippen molar-refractivity contribution in [2.45, 2.75) is 31.2 Å². The van der Waals surface area contributed by atoms with Gasteiger partial charge in [0.15, 0.2) is 12.4 Å². The average Bonchev–Trinajstić information content (AvgIpc) is 2.72. The second kappa shape index (κ2) is 8.95. The molecule has 6 nitrogen and oxygen atoms in total. The lowest BCUT2D eigenvalue weighted by Crippen LogP contribution is -2.75. The van der Waals surface area contributed by atoms with Crippen molar-refractivity contribution in [1.82, 2.24) is 10.2 Å². The molecule has 0 unspecified atom stereocenters. The number of hydrogen-bond acceptors (Lipinski definition) is 4. The van der Waals surface area contributed by atoms with Crippen LogP contribution < -0.4 is 10.1 Å². The summed E-state index contributed by atoms with van der Waals surface area (Å²) in [6.45, 7) is -0.194. The van der Waals surface area contributed by atoms with Crippen molar-refractivity contribution in [2.75, 3.05) is 20.2 Å². The van der Waals surface area contributed by atoms with Gasteiger partial charge in [0.2, 0.25) is 0 Å². The van der Waals surface area contributed by atoms with E-state index in [4.69, 9.17) is 27.9 Å². The Morgan fingerprint density at radius 1 is 1.09 bits per heavy atom. The van der Waals surface area contributed by atoms with Crippen molar-refractivity contribution in [3.63, 3.8) is 0 Å². The second-order valence-corrected chi connectivity index (χ2v) is 9.95. The molecule has 0 aliphatic heterocycles. The van der Waals surface area contributed by atoms with Crippen LogP contribution in [0.1, 0.15) is 36.0 Å². The number of rotatable bonds is 9. The number of carbonyl (C=O) groups excluding carboxylic acids is 3. The fraction of sp³-hybridized carbons (Fsp3) is 0.375. The number of ketones is 1. The van der Waals surface area contributed by atoms with Gasteiger partial charge in [-0.05, 0) is 61.1 Å². The van der Waals surface area contributed by atoms with E-state index in [-0.39, 0.29) is 52.5 Å². The van der Waals surface area contributed by atoms with E-state index in [0.29, 0.717) is 17.0 Å². The maximum absolute atomic E-state index is 13.4. The highest BCUT2D eigenvalue weighted by atomic mass is 35.5. The molecular formula is C24H23Cl2FN2O4. The Morgan fingerprint density at radius 3 is 2.39 bits per heavy atom. The summed E-state index contributed by atoms with van der Waals surface area (Å²) in [6.07, 6.45) is 2.55. The fourth-order valence-electron chi connectivity index (χ4n) is 4.99. The minimum atomic E-state index is -0.610. The predicted molar refractivity (Wildman–Crippen MR) is 122 cm³/mol. The SMILES string of the molecule is CN(CC(=O)CC12CC(NC(=O)COc3ccc(Cl)c(F)c3)(C1)C2)C(=O)c1ccc(Cl)cc1. The molecule has 174 valence electrons. The zero-order valence-corrected chi connectivity index (χ0v) is 19.5. The number of Topliss-reactive ketones (excluding diaryl/α,β-unsaturated/α-hetero) is 1. The molecule has 2 aromatic carbocycles. The predicted octanol–water partition coefficient (Wildman–Crippen LogP) is 4.28. The van der Waals surface area contributed by atoms with Crippen molar-refractivity contribution >= 4 is 40.8 Å². The minimum Gasteiger partial charge on any atom is -0.484 e. The van der Waals surface area contributed by atoms with Crippen LogP contribution in [0.4, 0.5) is 4.39 Å². The van der Waals surface area contributed by atoms with E-state index < -0.39 is 5.82 Å². The topological polar surface area (TPSA) is 75.7 Å². The Morgan fingerprint density at radius 2 is 1.76 bits per heavy atom. The summed E-state index contributed by atoms with van der Waals surface area (Å²) >= 11 is 11.5. The van der Waals surface area contributed by atoms with Gasteiger partial charge in [-0.2, -0.15) is 0 Å². The molecule has 0 aromatic heterocycles. The maximum atomic E-state index is 13.4. The number of carbonyl (C=O) groups is 3. The van der Waals surface area contributed by atoms with Crippen LogP contribution in [0.3, 0.4) is 0 Å². The van der Waals surface area contributed by atoms with Crippen molar-refractivity contribution < 1.29 is 23.5 Å². The van der Waals surface area contributed by atoms with Gasteiger partial charge in [0.1, 0.15) is 11.6 Å². The van der Waals surface area contributed by atoms with Gasteiger partial charge >= 0.3 is 0 Å². The summed E-state index contributed by atoms with van der Waals surface area (Å²) in [4.78, 5) is 38.7. The Labute approximate surface area is 201 Å². The van der Waals surface area contributed by atoms with E-state index in [0.717, 1.165) is 25.3 Å². The zero-order valence-electron chi connectivity index (χ0n) is 18.0. The molecule has 0 radical (unpaired) electrons. The van der Waals surface area contributed by atoms with Gasteiger partial charge in [0.05, 0.1) is 11.6 Å². The molecule has 0 spiro atoms. The monoisotopic (exact) mass is 492 g/mol. The lowest BCUT2D eigenvalue weighted by molar-refractivity contribution is -0.173. The van der Waals surface area contributed by atoms with E-state index in [2.05, 4.69) is 5.32 Å². The highest BCUT2D eigenvalue weighted by Gasteiger charge is 2.68. The molecule has 33 heavy (non-hydrogen) atoms. The number of nitrogens with one attached hydrogen (secondary N) is 1. The molecule has 5 rings (SSSR count). The summed E-state index contributed by atoms with van der Waals surface area (Å²) in [5.74, 6) is -0.919. The lowest BCUT2D eigenvalue weighted by Gasteiger charge is -2.70. The highest BCUT2D eigenvalue weighted by molar-refractivity contribution is 6.31. The van der Waals surface area contributed by atoms with Crippen LogP contribution in [0.15, 0.2) is 42.5 Å². The zero-order chi connectivity index (χ0) is 23.8. The Bertz CT molecular complexity index is 1090. The fourth-order valence-corrected chi connectivity index (χ4v) is 5.23. The molecule has 0 saturated heterocycles. The van der Waals surface area contributed by atoms with E-state index >= 15 is 0 Å². The number of benzene rings is 2. The first-order valence-corrected chi connectivity index (χ1v) is 11.3. The van der Waals surface area contributed by atoms with Gasteiger partial charge in [-0.25, -0.2) is 4.39 Å². The summed E-state index contributed by atoms with van der Waals surface area (Å²) in [5, 5.41) is 3.50. The van der Waals surface area contributed by atoms with E-state index in [1.807, 2.05) is 0 Å². The quantitative estimate of drug-likeness (QED) is 0.566. The Hall–Kier alpha value is -2.64. The Balaban J connectivity index is 1.19. The third kappa shape index (κ3) is 5.14. The number of likely N-dealkylation sites (N-methyl/N-ethyl adjacent to an activating group) is 1. The Kier molecular flexibility index (Phi) is 6.38. The van der Waals surface area contributed by atoms with Crippen LogP contribution in [0.5, 0.6) is 5.75 Å². The molecule has 0 atom stereocenters. The van der Waals surface area contributed by atoms with Crippen molar-refractivity contribution in [1.29, 1.82) is 0 Å². The molecule has 2 amide bonds. The normalized spacial score (nSPS) is 22.5. The van der Waals surface area contributed by atoms with Gasteiger partial charge in [-0.1, -0.05) is 23.2 Å². The third-order valence-electron chi connectivity index (χ3n) is 6.23. The van der Waals surface area contributed by atoms with E-state index in [1.54, 1.807) is 31.3 Å². The highest BCUT2D eigenvalue weighted by Crippen LogP contribution is 2.69. The number of nitrogens with zero attached hydrogens (tertiary/aromatic N) is 1. The van der Waals surface area contributed by atoms with E-state index in [1.165, 1.54) is 17.0 Å². The molecule has 0 heterocycles. The van der Waals surface area contributed by atoms with Crippen molar-refractivity contribution in [2.24, 2.45) is 5.41 Å². The van der Waals surface area contributed by atoms with Crippen LogP contribution in [0.2, 0.25) is 10.0 Å². The smallest absolute Gasteiger partial charge is 0.258 e. The third-order valence-corrected chi connectivity index (χ3v) is 6.79. The number of halogens is 3. The van der Waals surface area contributed by atoms with Crippen LogP contribution in [-0.4, -0.2) is 48.2 Å². The largest absolute Gasteiger partial charge is 0.484 e. The van der Waals surface area contributed by atoms with Gasteiger partial charge in [-0.15, -0.1) is 0 Å². The lowest BCUT2D eigenvalue weighted by atomic mass is 9.38. The minimum absolute atomic E-state index is 0.00691. The van der Waals surface area contributed by atoms with Crippen LogP contribution in [0, 0.1) is 11.2 Å². The molecule has 3 fully saturated rings.